The van der Waals surface area contributed by atoms with E-state index in [-0.39, 0.29) is 36.6 Å². The number of hydrogen-bond donors (Lipinski definition) is 2. The van der Waals surface area contributed by atoms with E-state index in [0.29, 0.717) is 63.3 Å². The second kappa shape index (κ2) is 9.43. The molecule has 0 unspecified atom stereocenters. The van der Waals surface area contributed by atoms with Crippen molar-refractivity contribution in [2.75, 3.05) is 26.9 Å². The van der Waals surface area contributed by atoms with Gasteiger partial charge in [0, 0.05) is 29.8 Å². The number of nitrogens with one attached hydrogen (secondary N) is 1. The zero-order chi connectivity index (χ0) is 23.0. The van der Waals surface area contributed by atoms with Crippen LogP contribution in [0.2, 0.25) is 10.0 Å². The molecule has 32 heavy (non-hydrogen) atoms. The lowest BCUT2D eigenvalue weighted by Gasteiger charge is -2.32. The highest BCUT2D eigenvalue weighted by Crippen LogP contribution is 2.41. The van der Waals surface area contributed by atoms with Gasteiger partial charge in [-0.25, -0.2) is 0 Å². The summed E-state index contributed by atoms with van der Waals surface area (Å²) in [5, 5.41) is 10.8. The van der Waals surface area contributed by atoms with E-state index in [9.17, 15) is 14.7 Å². The lowest BCUT2D eigenvalue weighted by molar-refractivity contribution is 0.0665. The molecule has 0 bridgehead atoms. The van der Waals surface area contributed by atoms with E-state index in [4.69, 9.17) is 32.7 Å². The highest BCUT2D eigenvalue weighted by atomic mass is 35.5. The largest absolute Gasteiger partial charge is 0.496 e. The normalized spacial score (nSPS) is 19.2. The number of aliphatic hydroxyl groups is 1. The SMILES string of the molecule is COc1cc(C)[nH]c(=O)c1CN1CCc2c(Cl)cc([C@H](CO)[C@H]3CCCO3)c(Cl)c2C1=O. The molecule has 1 saturated heterocycles. The average molecular weight is 481 g/mol. The van der Waals surface area contributed by atoms with Gasteiger partial charge in [0.2, 0.25) is 0 Å². The van der Waals surface area contributed by atoms with Crippen LogP contribution in [0.4, 0.5) is 0 Å². The van der Waals surface area contributed by atoms with Crippen molar-refractivity contribution < 1.29 is 19.4 Å². The summed E-state index contributed by atoms with van der Waals surface area (Å²) in [6.45, 7) is 2.73. The van der Waals surface area contributed by atoms with Crippen molar-refractivity contribution in [1.82, 2.24) is 9.88 Å². The summed E-state index contributed by atoms with van der Waals surface area (Å²) < 4.78 is 11.1. The van der Waals surface area contributed by atoms with E-state index in [2.05, 4.69) is 4.98 Å². The predicted molar refractivity (Wildman–Crippen MR) is 122 cm³/mol. The summed E-state index contributed by atoms with van der Waals surface area (Å²) in [4.78, 5) is 30.4. The number of hydrogen-bond acceptors (Lipinski definition) is 5. The van der Waals surface area contributed by atoms with Crippen molar-refractivity contribution >= 4 is 29.1 Å². The van der Waals surface area contributed by atoms with E-state index in [1.807, 2.05) is 0 Å². The van der Waals surface area contributed by atoms with Gasteiger partial charge in [0.25, 0.3) is 11.5 Å². The van der Waals surface area contributed by atoms with Gasteiger partial charge in [-0.3, -0.25) is 9.59 Å². The van der Waals surface area contributed by atoms with Crippen LogP contribution in [-0.2, 0) is 17.7 Å². The van der Waals surface area contributed by atoms with Gasteiger partial charge in [-0.05, 0) is 49.4 Å². The van der Waals surface area contributed by atoms with Gasteiger partial charge in [-0.1, -0.05) is 23.2 Å². The van der Waals surface area contributed by atoms with Crippen LogP contribution in [0.5, 0.6) is 5.75 Å². The summed E-state index contributed by atoms with van der Waals surface area (Å²) in [6, 6.07) is 3.48. The summed E-state index contributed by atoms with van der Waals surface area (Å²) in [5.74, 6) is -0.233. The smallest absolute Gasteiger partial charge is 0.256 e. The van der Waals surface area contributed by atoms with Crippen LogP contribution < -0.4 is 10.3 Å². The van der Waals surface area contributed by atoms with Crippen molar-refractivity contribution in [2.45, 2.75) is 44.8 Å². The molecule has 3 heterocycles. The number of ether oxygens (including phenoxy) is 2. The quantitative estimate of drug-likeness (QED) is 0.660. The number of amides is 1. The molecule has 1 fully saturated rings. The van der Waals surface area contributed by atoms with Crippen LogP contribution >= 0.6 is 23.2 Å². The van der Waals surface area contributed by atoms with Gasteiger partial charge in [0.15, 0.2) is 0 Å². The maximum absolute atomic E-state index is 13.5. The molecule has 2 atom stereocenters. The van der Waals surface area contributed by atoms with Gasteiger partial charge in [0.05, 0.1) is 42.5 Å². The number of nitrogens with zero attached hydrogens (tertiary/aromatic N) is 1. The van der Waals surface area contributed by atoms with Crippen molar-refractivity contribution in [3.05, 3.63) is 60.5 Å². The molecule has 4 rings (SSSR count). The third-order valence-electron chi connectivity index (χ3n) is 6.29. The summed E-state index contributed by atoms with van der Waals surface area (Å²) in [7, 11) is 1.49. The second-order valence-corrected chi connectivity index (χ2v) is 9.05. The minimum absolute atomic E-state index is 0.0877. The Balaban J connectivity index is 1.71. The Morgan fingerprint density at radius 2 is 2.12 bits per heavy atom. The fourth-order valence-electron chi connectivity index (χ4n) is 4.62. The number of aryl methyl sites for hydroxylation is 1. The van der Waals surface area contributed by atoms with Crippen molar-refractivity contribution in [1.29, 1.82) is 0 Å². The van der Waals surface area contributed by atoms with Crippen LogP contribution in [0.15, 0.2) is 16.9 Å². The van der Waals surface area contributed by atoms with E-state index in [1.54, 1.807) is 24.0 Å². The maximum atomic E-state index is 13.5. The topological polar surface area (TPSA) is 91.9 Å². The first-order valence-electron chi connectivity index (χ1n) is 10.6. The van der Waals surface area contributed by atoms with E-state index < -0.39 is 0 Å². The predicted octanol–water partition coefficient (Wildman–Crippen LogP) is 3.45. The lowest BCUT2D eigenvalue weighted by Crippen LogP contribution is -2.39. The second-order valence-electron chi connectivity index (χ2n) is 8.26. The Hall–Kier alpha value is -2.06. The van der Waals surface area contributed by atoms with Crippen LogP contribution in [0.25, 0.3) is 0 Å². The Kier molecular flexibility index (Phi) is 6.81. The summed E-state index contributed by atoms with van der Waals surface area (Å²) in [5.41, 5.74) is 2.40. The number of pyridine rings is 1. The van der Waals surface area contributed by atoms with Gasteiger partial charge in [-0.15, -0.1) is 0 Å². The minimum Gasteiger partial charge on any atom is -0.496 e. The first-order valence-corrected chi connectivity index (χ1v) is 11.4. The van der Waals surface area contributed by atoms with E-state index >= 15 is 0 Å². The molecule has 172 valence electrons. The van der Waals surface area contributed by atoms with Crippen LogP contribution in [0.1, 0.15) is 51.5 Å². The Bertz CT molecular complexity index is 1090. The molecule has 2 aromatic rings. The highest BCUT2D eigenvalue weighted by Gasteiger charge is 2.35. The third-order valence-corrected chi connectivity index (χ3v) is 7.03. The zero-order valence-electron chi connectivity index (χ0n) is 18.0. The van der Waals surface area contributed by atoms with Crippen molar-refractivity contribution in [2.24, 2.45) is 0 Å². The molecule has 1 aromatic heterocycles. The molecule has 2 aliphatic rings. The Morgan fingerprint density at radius 3 is 2.78 bits per heavy atom. The molecule has 7 nitrogen and oxygen atoms in total. The molecule has 0 radical (unpaired) electrons. The van der Waals surface area contributed by atoms with Crippen LogP contribution in [-0.4, -0.2) is 53.9 Å². The molecular formula is C23H26Cl2N2O5. The van der Waals surface area contributed by atoms with E-state index in [0.717, 1.165) is 12.8 Å². The van der Waals surface area contributed by atoms with Crippen molar-refractivity contribution in [3.8, 4) is 5.75 Å². The molecule has 0 saturated carbocycles. The number of aromatic nitrogens is 1. The van der Waals surface area contributed by atoms with Crippen molar-refractivity contribution in [3.63, 3.8) is 0 Å². The number of aliphatic hydroxyl groups excluding tert-OH is 1. The number of fused-ring (bicyclic) bond motifs is 1. The molecule has 1 aromatic carbocycles. The minimum atomic E-state index is -0.365. The number of halogens is 2. The first-order chi connectivity index (χ1) is 15.3. The van der Waals surface area contributed by atoms with Crippen LogP contribution in [0.3, 0.4) is 0 Å². The fraction of sp³-hybridized carbons (Fsp3) is 0.478. The number of carbonyl (C=O) groups excluding carboxylic acids is 1. The summed E-state index contributed by atoms with van der Waals surface area (Å²) in [6.07, 6.45) is 2.07. The van der Waals surface area contributed by atoms with Gasteiger partial charge < -0.3 is 24.5 Å². The molecular weight excluding hydrogens is 455 g/mol. The molecule has 0 aliphatic carbocycles. The van der Waals surface area contributed by atoms with Crippen LogP contribution in [0, 0.1) is 6.92 Å². The van der Waals surface area contributed by atoms with Gasteiger partial charge in [-0.2, -0.15) is 0 Å². The number of aromatic amines is 1. The molecule has 0 spiro atoms. The fourth-order valence-corrected chi connectivity index (χ4v) is 5.32. The van der Waals surface area contributed by atoms with E-state index in [1.165, 1.54) is 7.11 Å². The Morgan fingerprint density at radius 1 is 1.34 bits per heavy atom. The summed E-state index contributed by atoms with van der Waals surface area (Å²) >= 11 is 13.3. The molecule has 2 aliphatic heterocycles. The monoisotopic (exact) mass is 480 g/mol. The number of H-pyrrole nitrogens is 1. The number of rotatable bonds is 6. The van der Waals surface area contributed by atoms with Gasteiger partial charge >= 0.3 is 0 Å². The van der Waals surface area contributed by atoms with Gasteiger partial charge in [0.1, 0.15) is 5.75 Å². The number of methoxy groups -OCH3 is 1. The lowest BCUT2D eigenvalue weighted by atomic mass is 9.87. The third kappa shape index (κ3) is 4.15. The first kappa shape index (κ1) is 23.1. The molecule has 1 amide bonds. The zero-order valence-corrected chi connectivity index (χ0v) is 19.6. The Labute approximate surface area is 196 Å². The molecule has 2 N–H and O–H groups in total. The standard InChI is InChI=1S/C23H26Cl2N2O5/c1-12-8-19(31-2)15(22(29)26-12)10-27-6-5-13-17(24)9-14(21(25)20(13)23(27)30)16(11-28)18-4-3-7-32-18/h8-9,16,18,28H,3-7,10-11H2,1-2H3,(H,26,29)/t16-,18+/m0/s1. The molecule has 9 heteroatoms. The highest BCUT2D eigenvalue weighted by molar-refractivity contribution is 6.37. The number of benzene rings is 1. The number of carbonyl (C=O) groups is 1. The maximum Gasteiger partial charge on any atom is 0.256 e. The average Bonchev–Trinajstić information content (AvgIpc) is 3.29.